The van der Waals surface area contributed by atoms with Gasteiger partial charge in [-0.3, -0.25) is 9.69 Å². The van der Waals surface area contributed by atoms with E-state index in [4.69, 9.17) is 9.15 Å². The van der Waals surface area contributed by atoms with Gasteiger partial charge in [-0.1, -0.05) is 19.9 Å². The van der Waals surface area contributed by atoms with E-state index >= 15 is 0 Å². The van der Waals surface area contributed by atoms with Gasteiger partial charge in [0.1, 0.15) is 12.1 Å². The Kier molecular flexibility index (Phi) is 6.55. The Bertz CT molecular complexity index is 1060. The summed E-state index contributed by atoms with van der Waals surface area (Å²) in [7, 11) is 1.47. The third-order valence-corrected chi connectivity index (χ3v) is 5.78. The second-order valence-electron chi connectivity index (χ2n) is 8.33. The van der Waals surface area contributed by atoms with E-state index in [9.17, 15) is 9.18 Å². The smallest absolute Gasteiger partial charge is 0.255 e. The number of hydrogen-bond donors (Lipinski definition) is 1. The van der Waals surface area contributed by atoms with Crippen LogP contribution in [0.2, 0.25) is 0 Å². The predicted molar refractivity (Wildman–Crippen MR) is 116 cm³/mol. The molecule has 0 aliphatic carbocycles. The van der Waals surface area contributed by atoms with Crippen molar-refractivity contribution in [2.45, 2.75) is 39.4 Å². The van der Waals surface area contributed by atoms with Gasteiger partial charge in [0.2, 0.25) is 0 Å². The SMILES string of the molecule is COc1cc(CN2CCc3nnc([C@@H](NC(=O)c4ccoc4)C(C)C)n3CC2)ccc1F. The maximum absolute atomic E-state index is 13.7. The van der Waals surface area contributed by atoms with E-state index in [1.54, 1.807) is 18.2 Å². The molecular weight excluding hydrogens is 413 g/mol. The first kappa shape index (κ1) is 22.0. The first-order valence-corrected chi connectivity index (χ1v) is 10.8. The van der Waals surface area contributed by atoms with Crippen LogP contribution in [0, 0.1) is 11.7 Å². The number of furan rings is 1. The average Bonchev–Trinajstić information content (AvgIpc) is 3.41. The summed E-state index contributed by atoms with van der Waals surface area (Å²) in [5.74, 6) is 1.49. The van der Waals surface area contributed by atoms with Crippen molar-refractivity contribution >= 4 is 5.91 Å². The van der Waals surface area contributed by atoms with Gasteiger partial charge in [0, 0.05) is 32.6 Å². The molecule has 170 valence electrons. The highest BCUT2D eigenvalue weighted by atomic mass is 19.1. The third-order valence-electron chi connectivity index (χ3n) is 5.78. The fourth-order valence-corrected chi connectivity index (χ4v) is 3.99. The molecule has 8 nitrogen and oxygen atoms in total. The molecule has 3 aromatic rings. The summed E-state index contributed by atoms with van der Waals surface area (Å²) in [6.45, 7) is 7.10. The van der Waals surface area contributed by atoms with Gasteiger partial charge in [0.15, 0.2) is 17.4 Å². The lowest BCUT2D eigenvalue weighted by Gasteiger charge is -2.23. The van der Waals surface area contributed by atoms with Crippen molar-refractivity contribution in [3.05, 3.63) is 65.4 Å². The quantitative estimate of drug-likeness (QED) is 0.606. The summed E-state index contributed by atoms with van der Waals surface area (Å²) in [6.07, 6.45) is 3.65. The third kappa shape index (κ3) is 4.67. The zero-order chi connectivity index (χ0) is 22.7. The number of carbonyl (C=O) groups is 1. The number of fused-ring (bicyclic) bond motifs is 1. The van der Waals surface area contributed by atoms with Crippen molar-refractivity contribution < 1.29 is 18.3 Å². The van der Waals surface area contributed by atoms with Crippen molar-refractivity contribution in [2.75, 3.05) is 20.2 Å². The molecule has 0 spiro atoms. The lowest BCUT2D eigenvalue weighted by molar-refractivity contribution is 0.0921. The Labute approximate surface area is 186 Å². The molecule has 1 aliphatic rings. The van der Waals surface area contributed by atoms with Crippen LogP contribution in [0.4, 0.5) is 4.39 Å². The van der Waals surface area contributed by atoms with Crippen LogP contribution in [0.3, 0.4) is 0 Å². The van der Waals surface area contributed by atoms with E-state index in [2.05, 4.69) is 25.0 Å². The number of rotatable bonds is 7. The zero-order valence-corrected chi connectivity index (χ0v) is 18.5. The van der Waals surface area contributed by atoms with Gasteiger partial charge in [0.25, 0.3) is 5.91 Å². The van der Waals surface area contributed by atoms with Crippen molar-refractivity contribution in [1.29, 1.82) is 0 Å². The molecule has 32 heavy (non-hydrogen) atoms. The first-order valence-electron chi connectivity index (χ1n) is 10.8. The van der Waals surface area contributed by atoms with Gasteiger partial charge in [-0.25, -0.2) is 4.39 Å². The molecule has 0 fully saturated rings. The van der Waals surface area contributed by atoms with E-state index in [0.29, 0.717) is 18.7 Å². The van der Waals surface area contributed by atoms with Gasteiger partial charge in [-0.15, -0.1) is 10.2 Å². The molecule has 1 aliphatic heterocycles. The number of halogens is 1. The molecule has 0 radical (unpaired) electrons. The van der Waals surface area contributed by atoms with Crippen LogP contribution in [0.15, 0.2) is 41.2 Å². The lowest BCUT2D eigenvalue weighted by Crippen LogP contribution is -2.34. The van der Waals surface area contributed by atoms with Crippen LogP contribution in [-0.4, -0.2) is 45.8 Å². The highest BCUT2D eigenvalue weighted by Gasteiger charge is 2.28. The topological polar surface area (TPSA) is 85.4 Å². The Hall–Kier alpha value is -3.20. The highest BCUT2D eigenvalue weighted by Crippen LogP contribution is 2.24. The van der Waals surface area contributed by atoms with Crippen LogP contribution in [-0.2, 0) is 19.5 Å². The van der Waals surface area contributed by atoms with Crippen LogP contribution >= 0.6 is 0 Å². The molecule has 1 aromatic carbocycles. The monoisotopic (exact) mass is 441 g/mol. The number of nitrogens with one attached hydrogen (secondary N) is 1. The van der Waals surface area contributed by atoms with Crippen LogP contribution in [0.25, 0.3) is 0 Å². The highest BCUT2D eigenvalue weighted by molar-refractivity contribution is 5.94. The Balaban J connectivity index is 1.48. The number of hydrogen-bond acceptors (Lipinski definition) is 6. The number of nitrogens with zero attached hydrogens (tertiary/aromatic N) is 4. The molecule has 1 N–H and O–H groups in total. The van der Waals surface area contributed by atoms with Gasteiger partial charge >= 0.3 is 0 Å². The number of benzene rings is 1. The van der Waals surface area contributed by atoms with Crippen LogP contribution < -0.4 is 10.1 Å². The number of methoxy groups -OCH3 is 1. The van der Waals surface area contributed by atoms with Crippen molar-refractivity contribution in [3.63, 3.8) is 0 Å². The van der Waals surface area contributed by atoms with E-state index in [1.807, 2.05) is 13.8 Å². The van der Waals surface area contributed by atoms with Gasteiger partial charge in [0.05, 0.1) is 25.0 Å². The summed E-state index contributed by atoms with van der Waals surface area (Å²) in [4.78, 5) is 14.9. The molecular formula is C23H28FN5O3. The molecule has 3 heterocycles. The number of ether oxygens (including phenoxy) is 1. The largest absolute Gasteiger partial charge is 0.494 e. The predicted octanol–water partition coefficient (Wildman–Crippen LogP) is 3.20. The second kappa shape index (κ2) is 9.52. The summed E-state index contributed by atoms with van der Waals surface area (Å²) in [6, 6.07) is 6.33. The van der Waals surface area contributed by atoms with E-state index in [0.717, 1.165) is 36.7 Å². The fourth-order valence-electron chi connectivity index (χ4n) is 3.99. The van der Waals surface area contributed by atoms with Crippen molar-refractivity contribution in [3.8, 4) is 5.75 Å². The lowest BCUT2D eigenvalue weighted by atomic mass is 10.0. The zero-order valence-electron chi connectivity index (χ0n) is 18.5. The standard InChI is InChI=1S/C23H28FN5O3/c1-15(2)21(25-23(30)17-7-11-32-14-17)22-27-26-20-6-8-28(9-10-29(20)22)13-16-4-5-18(24)19(12-16)31-3/h4-5,7,11-12,14-15,21H,6,8-10,13H2,1-3H3,(H,25,30)/t21-/m0/s1. The number of aromatic nitrogens is 3. The molecule has 4 rings (SSSR count). The second-order valence-corrected chi connectivity index (χ2v) is 8.33. The van der Waals surface area contributed by atoms with Crippen molar-refractivity contribution in [2.24, 2.45) is 5.92 Å². The van der Waals surface area contributed by atoms with Gasteiger partial charge < -0.3 is 19.0 Å². The maximum Gasteiger partial charge on any atom is 0.255 e. The molecule has 0 bridgehead atoms. The van der Waals surface area contributed by atoms with Crippen LogP contribution in [0.1, 0.15) is 47.5 Å². The molecule has 0 unspecified atom stereocenters. The van der Waals surface area contributed by atoms with Crippen molar-refractivity contribution in [1.82, 2.24) is 25.0 Å². The minimum Gasteiger partial charge on any atom is -0.494 e. The Morgan fingerprint density at radius 3 is 2.81 bits per heavy atom. The summed E-state index contributed by atoms with van der Waals surface area (Å²) >= 11 is 0. The maximum atomic E-state index is 13.7. The summed E-state index contributed by atoms with van der Waals surface area (Å²) in [5.41, 5.74) is 1.47. The minimum atomic E-state index is -0.361. The molecule has 1 amide bonds. The molecule has 1 atom stereocenters. The van der Waals surface area contributed by atoms with Crippen LogP contribution in [0.5, 0.6) is 5.75 Å². The van der Waals surface area contributed by atoms with E-state index in [-0.39, 0.29) is 29.4 Å². The van der Waals surface area contributed by atoms with E-state index in [1.165, 1.54) is 25.7 Å². The average molecular weight is 442 g/mol. The van der Waals surface area contributed by atoms with Gasteiger partial charge in [-0.2, -0.15) is 0 Å². The molecule has 2 aromatic heterocycles. The van der Waals surface area contributed by atoms with E-state index < -0.39 is 0 Å². The fraction of sp³-hybridized carbons (Fsp3) is 0.435. The minimum absolute atomic E-state index is 0.130. The Morgan fingerprint density at radius 2 is 2.09 bits per heavy atom. The number of amides is 1. The summed E-state index contributed by atoms with van der Waals surface area (Å²) < 4.78 is 26.0. The Morgan fingerprint density at radius 1 is 1.25 bits per heavy atom. The molecule has 0 saturated carbocycles. The molecule has 0 saturated heterocycles. The first-order chi connectivity index (χ1) is 15.5. The number of carbonyl (C=O) groups excluding carboxylic acids is 1. The normalized spacial score (nSPS) is 15.3. The summed E-state index contributed by atoms with van der Waals surface area (Å²) in [5, 5.41) is 11.9. The van der Waals surface area contributed by atoms with Gasteiger partial charge in [-0.05, 0) is 29.7 Å². The molecule has 9 heteroatoms.